The van der Waals surface area contributed by atoms with Crippen molar-refractivity contribution in [3.8, 4) is 0 Å². The zero-order chi connectivity index (χ0) is 44.2. The van der Waals surface area contributed by atoms with Crippen LogP contribution in [0.15, 0.2) is 42.6 Å². The first kappa shape index (κ1) is 44.1. The third kappa shape index (κ3) is 6.72. The van der Waals surface area contributed by atoms with Gasteiger partial charge in [-0.25, -0.2) is 87.8 Å². The Bertz CT molecular complexity index is 2290. The lowest BCUT2D eigenvalue weighted by Crippen LogP contribution is -2.81. The standard InChI is InChI=1S/C24BF20.C12H14NO/c26-5-1(6(27)14(35)21(42)13(5)34)25(2-7(28)15(36)22(43)16(37)8(2)29,3-9(30)17(38)23(44)18(39)10(3)31)4-11(32)19(40)24(45)20(41)12(4)33;1-2-10-14-13-9-5-7-11-6-3-4-8-12(11)13/h;3-9H,2,10H2,1H3/q-1;+1. The van der Waals surface area contributed by atoms with Gasteiger partial charge in [-0.15, -0.1) is 21.9 Å². The van der Waals surface area contributed by atoms with Gasteiger partial charge in [-0.05, 0) is 18.6 Å². The molecule has 1 aromatic heterocycles. The average molecular weight is 867 g/mol. The molecule has 6 aromatic rings. The summed E-state index contributed by atoms with van der Waals surface area (Å²) in [4.78, 5) is 5.59. The third-order valence-corrected chi connectivity index (χ3v) is 8.81. The number of para-hydroxylation sites is 1. The zero-order valence-corrected chi connectivity index (χ0v) is 28.4. The number of halogens is 20. The Balaban J connectivity index is 0.000000395. The number of rotatable bonds is 7. The van der Waals surface area contributed by atoms with Crippen molar-refractivity contribution in [2.45, 2.75) is 13.3 Å². The van der Waals surface area contributed by atoms with Gasteiger partial charge in [0.05, 0.1) is 5.39 Å². The van der Waals surface area contributed by atoms with Crippen LogP contribution in [0.2, 0.25) is 0 Å². The number of aromatic nitrogens is 1. The normalized spacial score (nSPS) is 11.6. The van der Waals surface area contributed by atoms with E-state index in [1.54, 1.807) is 0 Å². The highest BCUT2D eigenvalue weighted by Crippen LogP contribution is 2.30. The lowest BCUT2D eigenvalue weighted by Gasteiger charge is -2.44. The number of fused-ring (bicyclic) bond motifs is 1. The van der Waals surface area contributed by atoms with E-state index in [9.17, 15) is 52.7 Å². The van der Waals surface area contributed by atoms with Crippen molar-refractivity contribution >= 4 is 38.9 Å². The van der Waals surface area contributed by atoms with Gasteiger partial charge in [-0.2, -0.15) is 0 Å². The summed E-state index contributed by atoms with van der Waals surface area (Å²) in [5, 5.41) is 1.20. The summed E-state index contributed by atoms with van der Waals surface area (Å²) in [5.74, 6) is -71.4. The molecule has 23 heteroatoms. The van der Waals surface area contributed by atoms with Crippen LogP contribution in [0, 0.1) is 116 Å². The first-order valence-electron chi connectivity index (χ1n) is 15.9. The predicted octanol–water partition coefficient (Wildman–Crippen LogP) is 7.81. The van der Waals surface area contributed by atoms with Crippen molar-refractivity contribution < 1.29 is 97.4 Å². The minimum absolute atomic E-state index is 0.749. The summed E-state index contributed by atoms with van der Waals surface area (Å²) in [6.07, 6.45) is -4.25. The molecule has 0 radical (unpaired) electrons. The highest BCUT2D eigenvalue weighted by atomic mass is 19.2. The molecule has 0 aliphatic rings. The lowest BCUT2D eigenvalue weighted by atomic mass is 9.12. The van der Waals surface area contributed by atoms with Crippen molar-refractivity contribution in [1.82, 2.24) is 0 Å². The van der Waals surface area contributed by atoms with E-state index in [1.807, 2.05) is 29.1 Å². The molecule has 6 rings (SSSR count). The second kappa shape index (κ2) is 16.3. The molecule has 0 saturated heterocycles. The number of hydrogen-bond acceptors (Lipinski definition) is 1. The minimum atomic E-state index is -7.22. The average Bonchev–Trinajstić information content (AvgIpc) is 3.22. The van der Waals surface area contributed by atoms with Crippen LogP contribution >= 0.6 is 0 Å². The van der Waals surface area contributed by atoms with Crippen LogP contribution in [0.5, 0.6) is 0 Å². The molecule has 0 fully saturated rings. The second-order valence-electron chi connectivity index (χ2n) is 12.0. The van der Waals surface area contributed by atoms with Crippen LogP contribution in [0.3, 0.4) is 0 Å². The van der Waals surface area contributed by atoms with Crippen LogP contribution in [0.25, 0.3) is 10.9 Å². The largest absolute Gasteiger partial charge is 0.271 e. The first-order valence-corrected chi connectivity index (χ1v) is 15.9. The van der Waals surface area contributed by atoms with Crippen molar-refractivity contribution in [1.29, 1.82) is 0 Å². The SMILES string of the molecule is CCCO[n+]1cccc2ccccc21.Fc1c(F)c(F)c([B-](c2c(F)c(F)c(F)c(F)c2F)(c2c(F)c(F)c(F)c(F)c2F)c2c(F)c(F)c(F)c(F)c2F)c(F)c1F. The predicted molar refractivity (Wildman–Crippen MR) is 165 cm³/mol. The molecule has 0 bridgehead atoms. The van der Waals surface area contributed by atoms with Crippen LogP contribution in [-0.2, 0) is 0 Å². The fourth-order valence-corrected chi connectivity index (χ4v) is 6.31. The van der Waals surface area contributed by atoms with Gasteiger partial charge in [-0.3, -0.25) is 4.84 Å². The molecule has 0 unspecified atom stereocenters. The number of hydrogen-bond donors (Lipinski definition) is 0. The number of benzene rings is 5. The molecule has 59 heavy (non-hydrogen) atoms. The van der Waals surface area contributed by atoms with Crippen molar-refractivity contribution in [3.63, 3.8) is 0 Å². The molecule has 0 saturated carbocycles. The van der Waals surface area contributed by atoms with Gasteiger partial charge >= 0.3 is 0 Å². The summed E-state index contributed by atoms with van der Waals surface area (Å²) >= 11 is 0. The van der Waals surface area contributed by atoms with E-state index in [4.69, 9.17) is 4.84 Å². The molecular formula is C36H14BF20NO. The smallest absolute Gasteiger partial charge is 0.264 e. The van der Waals surface area contributed by atoms with Crippen molar-refractivity contribution in [2.75, 3.05) is 6.61 Å². The molecule has 5 aromatic carbocycles. The summed E-state index contributed by atoms with van der Waals surface area (Å²) < 4.78 is 296. The Morgan fingerprint density at radius 1 is 0.373 bits per heavy atom. The van der Waals surface area contributed by atoms with Crippen molar-refractivity contribution in [3.05, 3.63) is 159 Å². The van der Waals surface area contributed by atoms with Gasteiger partial charge in [0.1, 0.15) is 52.7 Å². The molecular weight excluding hydrogens is 853 g/mol. The van der Waals surface area contributed by atoms with Gasteiger partial charge in [0, 0.05) is 16.9 Å². The van der Waals surface area contributed by atoms with Gasteiger partial charge < -0.3 is 0 Å². The maximum absolute atomic E-state index is 15.4. The Hall–Kier alpha value is -6.03. The van der Waals surface area contributed by atoms with E-state index >= 15 is 35.1 Å². The summed E-state index contributed by atoms with van der Waals surface area (Å²) in [7, 11) is 0. The van der Waals surface area contributed by atoms with E-state index in [-0.39, 0.29) is 0 Å². The Morgan fingerprint density at radius 2 is 0.627 bits per heavy atom. The second-order valence-corrected chi connectivity index (χ2v) is 12.0. The van der Waals surface area contributed by atoms with Crippen LogP contribution < -0.4 is 31.4 Å². The van der Waals surface area contributed by atoms with Gasteiger partial charge in [0.25, 0.3) is 5.52 Å². The molecule has 312 valence electrons. The fraction of sp³-hybridized carbons (Fsp3) is 0.0833. The number of nitrogens with zero attached hydrogens (tertiary/aromatic N) is 1. The summed E-state index contributed by atoms with van der Waals surface area (Å²) in [6, 6.07) is 12.3. The van der Waals surface area contributed by atoms with E-state index in [2.05, 4.69) is 25.1 Å². The highest BCUT2D eigenvalue weighted by Gasteiger charge is 2.52. The molecule has 2 nitrogen and oxygen atoms in total. The highest BCUT2D eigenvalue weighted by molar-refractivity contribution is 7.20. The Morgan fingerprint density at radius 3 is 0.915 bits per heavy atom. The summed E-state index contributed by atoms with van der Waals surface area (Å²) in [6.45, 7) is 2.85. The minimum Gasteiger partial charge on any atom is -0.271 e. The number of pyridine rings is 1. The van der Waals surface area contributed by atoms with Crippen LogP contribution in [0.4, 0.5) is 87.8 Å². The lowest BCUT2D eigenvalue weighted by molar-refractivity contribution is -0.871. The van der Waals surface area contributed by atoms with Crippen LogP contribution in [-0.4, -0.2) is 12.8 Å². The van der Waals surface area contributed by atoms with Crippen LogP contribution in [0.1, 0.15) is 13.3 Å². The van der Waals surface area contributed by atoms with E-state index in [0.717, 1.165) is 18.5 Å². The zero-order valence-electron chi connectivity index (χ0n) is 28.4. The van der Waals surface area contributed by atoms with E-state index in [1.165, 1.54) is 5.39 Å². The molecule has 0 spiro atoms. The Labute approximate surface area is 315 Å². The summed E-state index contributed by atoms with van der Waals surface area (Å²) in [5.41, 5.74) is -13.2. The molecule has 1 heterocycles. The van der Waals surface area contributed by atoms with Crippen molar-refractivity contribution in [2.24, 2.45) is 0 Å². The fourth-order valence-electron chi connectivity index (χ4n) is 6.31. The Kier molecular flexibility index (Phi) is 12.2. The van der Waals surface area contributed by atoms with Gasteiger partial charge in [-0.1, -0.05) is 19.1 Å². The quantitative estimate of drug-likeness (QED) is 0.0525. The van der Waals surface area contributed by atoms with Gasteiger partial charge in [0.15, 0.2) is 76.4 Å². The molecule has 0 aliphatic heterocycles. The molecule has 0 atom stereocenters. The maximum atomic E-state index is 15.4. The van der Waals surface area contributed by atoms with E-state index < -0.39 is 144 Å². The molecule has 0 N–H and O–H groups in total. The molecule has 0 aliphatic carbocycles. The maximum Gasteiger partial charge on any atom is 0.264 e. The third-order valence-electron chi connectivity index (χ3n) is 8.81. The monoisotopic (exact) mass is 867 g/mol. The first-order chi connectivity index (χ1) is 27.6. The van der Waals surface area contributed by atoms with Gasteiger partial charge in [0.2, 0.25) is 6.20 Å². The van der Waals surface area contributed by atoms with E-state index in [0.29, 0.717) is 0 Å². The topological polar surface area (TPSA) is 13.1 Å². The molecule has 0 amide bonds.